The van der Waals surface area contributed by atoms with E-state index in [1.165, 1.54) is 19.3 Å². The van der Waals surface area contributed by atoms with Gasteiger partial charge in [-0.15, -0.1) is 0 Å². The highest BCUT2D eigenvalue weighted by Crippen LogP contribution is 2.23. The normalized spacial score (nSPS) is 15.9. The molecule has 4 nitrogen and oxygen atoms in total. The zero-order valence-electron chi connectivity index (χ0n) is 12.9. The lowest BCUT2D eigenvalue weighted by Gasteiger charge is -2.25. The van der Waals surface area contributed by atoms with Crippen LogP contribution in [0.25, 0.3) is 0 Å². The summed E-state index contributed by atoms with van der Waals surface area (Å²) in [6.07, 6.45) is 5.33. The first-order valence-electron chi connectivity index (χ1n) is 7.98. The summed E-state index contributed by atoms with van der Waals surface area (Å²) in [4.78, 5) is 14.6. The molecule has 2 N–H and O–H groups in total. The van der Waals surface area contributed by atoms with Crippen LogP contribution >= 0.6 is 0 Å². The van der Waals surface area contributed by atoms with E-state index in [-0.39, 0.29) is 5.78 Å². The van der Waals surface area contributed by atoms with Crippen molar-refractivity contribution in [2.24, 2.45) is 0 Å². The van der Waals surface area contributed by atoms with Crippen LogP contribution in [0.15, 0.2) is 18.2 Å². The Labute approximate surface area is 127 Å². The molecule has 2 rings (SSSR count). The SMILES string of the molecule is CCCOc1ccc(C(=O)CCN2CCCCC2)cc1N. The van der Waals surface area contributed by atoms with E-state index in [0.717, 1.165) is 26.1 Å². The van der Waals surface area contributed by atoms with Gasteiger partial charge >= 0.3 is 0 Å². The number of benzene rings is 1. The van der Waals surface area contributed by atoms with E-state index in [0.29, 0.717) is 30.0 Å². The lowest BCUT2D eigenvalue weighted by molar-refractivity contribution is 0.0958. The fourth-order valence-electron chi connectivity index (χ4n) is 2.65. The summed E-state index contributed by atoms with van der Waals surface area (Å²) in [5, 5.41) is 0. The minimum absolute atomic E-state index is 0.161. The summed E-state index contributed by atoms with van der Waals surface area (Å²) in [7, 11) is 0. The van der Waals surface area contributed by atoms with Crippen molar-refractivity contribution in [1.29, 1.82) is 0 Å². The number of Topliss-reactive ketones (excluding diaryl/α,β-unsaturated/α-hetero) is 1. The summed E-state index contributed by atoms with van der Waals surface area (Å²) < 4.78 is 5.53. The summed E-state index contributed by atoms with van der Waals surface area (Å²) in [6, 6.07) is 5.36. The van der Waals surface area contributed by atoms with Crippen molar-refractivity contribution in [2.45, 2.75) is 39.0 Å². The third-order valence-electron chi connectivity index (χ3n) is 3.90. The second-order valence-corrected chi connectivity index (χ2v) is 5.68. The van der Waals surface area contributed by atoms with Crippen molar-refractivity contribution < 1.29 is 9.53 Å². The summed E-state index contributed by atoms with van der Waals surface area (Å²) >= 11 is 0. The minimum Gasteiger partial charge on any atom is -0.491 e. The second kappa shape index (κ2) is 8.03. The molecule has 0 aromatic heterocycles. The highest BCUT2D eigenvalue weighted by atomic mass is 16.5. The Hall–Kier alpha value is -1.55. The van der Waals surface area contributed by atoms with Gasteiger partial charge in [-0.25, -0.2) is 0 Å². The zero-order chi connectivity index (χ0) is 15.1. The molecule has 0 spiro atoms. The molecule has 116 valence electrons. The zero-order valence-corrected chi connectivity index (χ0v) is 12.9. The molecule has 1 aromatic carbocycles. The second-order valence-electron chi connectivity index (χ2n) is 5.68. The van der Waals surface area contributed by atoms with Gasteiger partial charge in [0.1, 0.15) is 5.75 Å². The number of carbonyl (C=O) groups is 1. The molecule has 4 heteroatoms. The molecule has 0 amide bonds. The van der Waals surface area contributed by atoms with Crippen LogP contribution in [0.5, 0.6) is 5.75 Å². The smallest absolute Gasteiger partial charge is 0.164 e. The maximum absolute atomic E-state index is 12.2. The van der Waals surface area contributed by atoms with E-state index in [2.05, 4.69) is 11.8 Å². The number of nitrogen functional groups attached to an aromatic ring is 1. The quantitative estimate of drug-likeness (QED) is 0.619. The Morgan fingerprint density at radius 1 is 1.29 bits per heavy atom. The van der Waals surface area contributed by atoms with E-state index in [4.69, 9.17) is 10.5 Å². The molecule has 0 saturated carbocycles. The number of likely N-dealkylation sites (tertiary alicyclic amines) is 1. The average Bonchev–Trinajstić information content (AvgIpc) is 2.52. The lowest BCUT2D eigenvalue weighted by Crippen LogP contribution is -2.31. The molecular weight excluding hydrogens is 264 g/mol. The molecule has 1 aliphatic rings. The third-order valence-corrected chi connectivity index (χ3v) is 3.90. The Morgan fingerprint density at radius 3 is 2.71 bits per heavy atom. The van der Waals surface area contributed by atoms with Crippen LogP contribution in [0, 0.1) is 0 Å². The molecule has 0 unspecified atom stereocenters. The molecule has 1 aliphatic heterocycles. The molecular formula is C17H26N2O2. The Morgan fingerprint density at radius 2 is 2.05 bits per heavy atom. The first-order chi connectivity index (χ1) is 10.2. The number of piperidine rings is 1. The number of hydrogen-bond donors (Lipinski definition) is 1. The number of nitrogens with two attached hydrogens (primary N) is 1. The van der Waals surface area contributed by atoms with Gasteiger partial charge in [0.2, 0.25) is 0 Å². The molecule has 0 atom stereocenters. The van der Waals surface area contributed by atoms with Crippen molar-refractivity contribution in [3.05, 3.63) is 23.8 Å². The lowest BCUT2D eigenvalue weighted by atomic mass is 10.1. The predicted molar refractivity (Wildman–Crippen MR) is 85.9 cm³/mol. The summed E-state index contributed by atoms with van der Waals surface area (Å²) in [6.45, 7) is 5.80. The van der Waals surface area contributed by atoms with Crippen molar-refractivity contribution in [2.75, 3.05) is 32.0 Å². The maximum atomic E-state index is 12.2. The van der Waals surface area contributed by atoms with Crippen molar-refractivity contribution >= 4 is 11.5 Å². The Kier molecular flexibility index (Phi) is 6.05. The minimum atomic E-state index is 0.161. The summed E-state index contributed by atoms with van der Waals surface area (Å²) in [5.74, 6) is 0.832. The largest absolute Gasteiger partial charge is 0.491 e. The van der Waals surface area contributed by atoms with Crippen LogP contribution in [0.1, 0.15) is 49.4 Å². The van der Waals surface area contributed by atoms with E-state index < -0.39 is 0 Å². The van der Waals surface area contributed by atoms with Crippen molar-refractivity contribution in [3.63, 3.8) is 0 Å². The molecule has 0 aliphatic carbocycles. The third kappa shape index (κ3) is 4.74. The number of ketones is 1. The van der Waals surface area contributed by atoms with Gasteiger partial charge in [-0.3, -0.25) is 4.79 Å². The van der Waals surface area contributed by atoms with E-state index in [1.807, 2.05) is 6.07 Å². The van der Waals surface area contributed by atoms with Gasteiger partial charge in [0.05, 0.1) is 12.3 Å². The van der Waals surface area contributed by atoms with E-state index in [9.17, 15) is 4.79 Å². The first kappa shape index (κ1) is 15.8. The Balaban J connectivity index is 1.88. The maximum Gasteiger partial charge on any atom is 0.164 e. The van der Waals surface area contributed by atoms with Gasteiger partial charge in [-0.05, 0) is 50.6 Å². The molecule has 1 saturated heterocycles. The van der Waals surface area contributed by atoms with Gasteiger partial charge < -0.3 is 15.4 Å². The highest BCUT2D eigenvalue weighted by Gasteiger charge is 2.13. The molecule has 1 fully saturated rings. The van der Waals surface area contributed by atoms with Gasteiger partial charge in [0, 0.05) is 18.5 Å². The number of nitrogens with zero attached hydrogens (tertiary/aromatic N) is 1. The molecule has 0 bridgehead atoms. The van der Waals surface area contributed by atoms with Gasteiger partial charge in [-0.1, -0.05) is 13.3 Å². The fraction of sp³-hybridized carbons (Fsp3) is 0.588. The first-order valence-corrected chi connectivity index (χ1v) is 7.98. The number of carbonyl (C=O) groups excluding carboxylic acids is 1. The van der Waals surface area contributed by atoms with Crippen LogP contribution < -0.4 is 10.5 Å². The number of ether oxygens (including phenoxy) is 1. The fourth-order valence-corrected chi connectivity index (χ4v) is 2.65. The van der Waals surface area contributed by atoms with Crippen LogP contribution in [-0.4, -0.2) is 36.9 Å². The van der Waals surface area contributed by atoms with Gasteiger partial charge in [0.15, 0.2) is 5.78 Å². The number of rotatable bonds is 7. The Bertz CT molecular complexity index is 468. The van der Waals surface area contributed by atoms with Crippen LogP contribution in [0.3, 0.4) is 0 Å². The molecule has 1 aromatic rings. The van der Waals surface area contributed by atoms with Gasteiger partial charge in [0.25, 0.3) is 0 Å². The predicted octanol–water partition coefficient (Wildman–Crippen LogP) is 3.12. The molecule has 1 heterocycles. The van der Waals surface area contributed by atoms with Gasteiger partial charge in [-0.2, -0.15) is 0 Å². The number of hydrogen-bond acceptors (Lipinski definition) is 4. The standard InChI is InChI=1S/C17H26N2O2/c1-2-12-21-17-7-6-14(13-15(17)18)16(20)8-11-19-9-4-3-5-10-19/h6-7,13H,2-5,8-12,18H2,1H3. The van der Waals surface area contributed by atoms with Crippen molar-refractivity contribution in [1.82, 2.24) is 4.90 Å². The summed E-state index contributed by atoms with van der Waals surface area (Å²) in [5.41, 5.74) is 7.19. The average molecular weight is 290 g/mol. The van der Waals surface area contributed by atoms with E-state index in [1.54, 1.807) is 12.1 Å². The molecule has 21 heavy (non-hydrogen) atoms. The topological polar surface area (TPSA) is 55.6 Å². The van der Waals surface area contributed by atoms with Crippen LogP contribution in [0.4, 0.5) is 5.69 Å². The van der Waals surface area contributed by atoms with Crippen molar-refractivity contribution in [3.8, 4) is 5.75 Å². The van der Waals surface area contributed by atoms with E-state index >= 15 is 0 Å². The van der Waals surface area contributed by atoms with Crippen LogP contribution in [0.2, 0.25) is 0 Å². The molecule has 0 radical (unpaired) electrons. The monoisotopic (exact) mass is 290 g/mol. The number of anilines is 1. The van der Waals surface area contributed by atoms with Crippen LogP contribution in [-0.2, 0) is 0 Å². The highest BCUT2D eigenvalue weighted by molar-refractivity contribution is 5.97.